The van der Waals surface area contributed by atoms with Crippen LogP contribution in [-0.4, -0.2) is 50.8 Å². The molecule has 0 bridgehead atoms. The lowest BCUT2D eigenvalue weighted by Gasteiger charge is -2.37. The van der Waals surface area contributed by atoms with Crippen molar-refractivity contribution in [1.29, 1.82) is 0 Å². The predicted molar refractivity (Wildman–Crippen MR) is 75.9 cm³/mol. The summed E-state index contributed by atoms with van der Waals surface area (Å²) in [4.78, 5) is 2.68. The molecule has 3 heteroatoms. The number of hydrogen-bond acceptors (Lipinski definition) is 3. The van der Waals surface area contributed by atoms with E-state index >= 15 is 0 Å². The Bertz CT molecular complexity index is 239. The smallest absolute Gasteiger partial charge is 0.0471 e. The van der Waals surface area contributed by atoms with Crippen molar-refractivity contribution in [2.45, 2.75) is 39.5 Å². The van der Waals surface area contributed by atoms with Gasteiger partial charge in [-0.1, -0.05) is 13.8 Å². The highest BCUT2D eigenvalue weighted by molar-refractivity contribution is 4.85. The first-order valence-corrected chi connectivity index (χ1v) is 7.73. The fourth-order valence-corrected chi connectivity index (χ4v) is 3.27. The fourth-order valence-electron chi connectivity index (χ4n) is 3.27. The molecule has 0 saturated carbocycles. The van der Waals surface area contributed by atoms with Crippen molar-refractivity contribution < 1.29 is 4.74 Å². The third-order valence-electron chi connectivity index (χ3n) is 4.53. The molecule has 1 N–H and O–H groups in total. The maximum atomic E-state index is 5.49. The van der Waals surface area contributed by atoms with Crippen LogP contribution in [0.25, 0.3) is 0 Å². The molecule has 106 valence electrons. The summed E-state index contributed by atoms with van der Waals surface area (Å²) in [6, 6.07) is 0. The first-order chi connectivity index (χ1) is 8.72. The molecule has 18 heavy (non-hydrogen) atoms. The minimum atomic E-state index is 0.504. The van der Waals surface area contributed by atoms with Crippen LogP contribution in [0.3, 0.4) is 0 Å². The molecule has 0 aromatic carbocycles. The number of nitrogens with zero attached hydrogens (tertiary/aromatic N) is 1. The molecule has 0 spiro atoms. The lowest BCUT2D eigenvalue weighted by Crippen LogP contribution is -2.39. The zero-order chi connectivity index (χ0) is 12.8. The van der Waals surface area contributed by atoms with Gasteiger partial charge in [0.05, 0.1) is 0 Å². The van der Waals surface area contributed by atoms with Crippen LogP contribution in [0.5, 0.6) is 0 Å². The third kappa shape index (κ3) is 4.22. The van der Waals surface area contributed by atoms with Crippen LogP contribution >= 0.6 is 0 Å². The van der Waals surface area contributed by atoms with Crippen molar-refractivity contribution in [1.82, 2.24) is 10.2 Å². The standard InChI is InChI=1S/C15H30N2O/c1-3-7-16-11-14-4-8-17(12-14)13-15(2)5-9-18-10-6-15/h14,16H,3-13H2,1-2H3. The van der Waals surface area contributed by atoms with E-state index in [1.807, 2.05) is 0 Å². The molecule has 2 heterocycles. The van der Waals surface area contributed by atoms with Crippen molar-refractivity contribution >= 4 is 0 Å². The van der Waals surface area contributed by atoms with Gasteiger partial charge in [0.15, 0.2) is 0 Å². The lowest BCUT2D eigenvalue weighted by molar-refractivity contribution is 0.00806. The Balaban J connectivity index is 1.68. The monoisotopic (exact) mass is 254 g/mol. The molecule has 2 rings (SSSR count). The van der Waals surface area contributed by atoms with Crippen LogP contribution in [0.15, 0.2) is 0 Å². The van der Waals surface area contributed by atoms with Crippen LogP contribution in [-0.2, 0) is 4.74 Å². The highest BCUT2D eigenvalue weighted by Crippen LogP contribution is 2.32. The summed E-state index contributed by atoms with van der Waals surface area (Å²) in [5.41, 5.74) is 0.504. The summed E-state index contributed by atoms with van der Waals surface area (Å²) >= 11 is 0. The summed E-state index contributed by atoms with van der Waals surface area (Å²) in [7, 11) is 0. The predicted octanol–water partition coefficient (Wildman–Crippen LogP) is 2.12. The third-order valence-corrected chi connectivity index (χ3v) is 4.53. The summed E-state index contributed by atoms with van der Waals surface area (Å²) in [5, 5.41) is 3.56. The van der Waals surface area contributed by atoms with Crippen molar-refractivity contribution in [3.05, 3.63) is 0 Å². The first kappa shape index (κ1) is 14.3. The van der Waals surface area contributed by atoms with Gasteiger partial charge in [-0.05, 0) is 56.7 Å². The van der Waals surface area contributed by atoms with Crippen LogP contribution in [0, 0.1) is 11.3 Å². The number of likely N-dealkylation sites (tertiary alicyclic amines) is 1. The Morgan fingerprint density at radius 2 is 2.11 bits per heavy atom. The maximum absolute atomic E-state index is 5.49. The fraction of sp³-hybridized carbons (Fsp3) is 1.00. The molecule has 0 radical (unpaired) electrons. The SMILES string of the molecule is CCCNCC1CCN(CC2(C)CCOCC2)C1. The second kappa shape index (κ2) is 6.88. The van der Waals surface area contributed by atoms with Crippen LogP contribution in [0.4, 0.5) is 0 Å². The van der Waals surface area contributed by atoms with E-state index in [0.717, 1.165) is 19.1 Å². The van der Waals surface area contributed by atoms with Gasteiger partial charge in [0.1, 0.15) is 0 Å². The highest BCUT2D eigenvalue weighted by Gasteiger charge is 2.32. The van der Waals surface area contributed by atoms with E-state index in [9.17, 15) is 0 Å². The Morgan fingerprint density at radius 3 is 2.83 bits per heavy atom. The van der Waals surface area contributed by atoms with Gasteiger partial charge in [0.25, 0.3) is 0 Å². The van der Waals surface area contributed by atoms with Gasteiger partial charge >= 0.3 is 0 Å². The average Bonchev–Trinajstić information content (AvgIpc) is 2.77. The van der Waals surface area contributed by atoms with Crippen molar-refractivity contribution in [2.24, 2.45) is 11.3 Å². The molecule has 2 saturated heterocycles. The van der Waals surface area contributed by atoms with E-state index in [1.54, 1.807) is 0 Å². The molecule has 2 aliphatic rings. The molecule has 3 nitrogen and oxygen atoms in total. The normalized spacial score (nSPS) is 28.7. The number of nitrogens with one attached hydrogen (secondary N) is 1. The lowest BCUT2D eigenvalue weighted by atomic mass is 9.82. The Hall–Kier alpha value is -0.120. The van der Waals surface area contributed by atoms with E-state index < -0.39 is 0 Å². The van der Waals surface area contributed by atoms with E-state index in [0.29, 0.717) is 5.41 Å². The minimum Gasteiger partial charge on any atom is -0.381 e. The maximum Gasteiger partial charge on any atom is 0.0471 e. The second-order valence-electron chi connectivity index (χ2n) is 6.52. The average molecular weight is 254 g/mol. The van der Waals surface area contributed by atoms with Gasteiger partial charge in [-0.15, -0.1) is 0 Å². The van der Waals surface area contributed by atoms with Crippen LogP contribution in [0.2, 0.25) is 0 Å². The van der Waals surface area contributed by atoms with E-state index in [1.165, 1.54) is 58.4 Å². The van der Waals surface area contributed by atoms with Gasteiger partial charge in [-0.3, -0.25) is 0 Å². The van der Waals surface area contributed by atoms with Crippen molar-refractivity contribution in [3.8, 4) is 0 Å². The van der Waals surface area contributed by atoms with Gasteiger partial charge in [-0.2, -0.15) is 0 Å². The topological polar surface area (TPSA) is 24.5 Å². The molecule has 1 unspecified atom stereocenters. The van der Waals surface area contributed by atoms with Gasteiger partial charge in [-0.25, -0.2) is 0 Å². The Labute approximate surface area is 112 Å². The molecule has 2 aliphatic heterocycles. The number of ether oxygens (including phenoxy) is 1. The number of hydrogen-bond donors (Lipinski definition) is 1. The Kier molecular flexibility index (Phi) is 5.46. The summed E-state index contributed by atoms with van der Waals surface area (Å²) in [6.07, 6.45) is 5.10. The van der Waals surface area contributed by atoms with Crippen LogP contribution in [0.1, 0.15) is 39.5 Å². The summed E-state index contributed by atoms with van der Waals surface area (Å²) in [5.74, 6) is 0.875. The van der Waals surface area contributed by atoms with Gasteiger partial charge in [0.2, 0.25) is 0 Å². The Morgan fingerprint density at radius 1 is 1.33 bits per heavy atom. The molecule has 0 amide bonds. The molecule has 2 fully saturated rings. The largest absolute Gasteiger partial charge is 0.381 e. The van der Waals surface area contributed by atoms with E-state index in [2.05, 4.69) is 24.1 Å². The highest BCUT2D eigenvalue weighted by atomic mass is 16.5. The molecule has 0 aromatic rings. The van der Waals surface area contributed by atoms with Crippen molar-refractivity contribution in [2.75, 3.05) is 45.9 Å². The van der Waals surface area contributed by atoms with Gasteiger partial charge in [0, 0.05) is 26.3 Å². The zero-order valence-corrected chi connectivity index (χ0v) is 12.2. The van der Waals surface area contributed by atoms with E-state index in [4.69, 9.17) is 4.74 Å². The number of rotatable bonds is 6. The quantitative estimate of drug-likeness (QED) is 0.735. The zero-order valence-electron chi connectivity index (χ0n) is 12.2. The molecular formula is C15H30N2O. The van der Waals surface area contributed by atoms with Crippen molar-refractivity contribution in [3.63, 3.8) is 0 Å². The first-order valence-electron chi connectivity index (χ1n) is 7.73. The van der Waals surface area contributed by atoms with E-state index in [-0.39, 0.29) is 0 Å². The van der Waals surface area contributed by atoms with Gasteiger partial charge < -0.3 is 15.0 Å². The second-order valence-corrected chi connectivity index (χ2v) is 6.52. The summed E-state index contributed by atoms with van der Waals surface area (Å²) < 4.78 is 5.49. The molecule has 1 atom stereocenters. The van der Waals surface area contributed by atoms with Crippen LogP contribution < -0.4 is 5.32 Å². The molecular weight excluding hydrogens is 224 g/mol. The minimum absolute atomic E-state index is 0.504. The molecule has 0 aromatic heterocycles. The summed E-state index contributed by atoms with van der Waals surface area (Å²) in [6.45, 7) is 12.9. The molecule has 0 aliphatic carbocycles.